The van der Waals surface area contributed by atoms with Gasteiger partial charge in [-0.2, -0.15) is 6.07 Å². The van der Waals surface area contributed by atoms with E-state index >= 15 is 0 Å². The molecule has 0 aliphatic rings. The summed E-state index contributed by atoms with van der Waals surface area (Å²) in [6.45, 7) is 9.50. The van der Waals surface area contributed by atoms with Crippen molar-refractivity contribution in [1.82, 2.24) is 0 Å². The zero-order chi connectivity index (χ0) is 21.8. The number of rotatable bonds is 5. The molecule has 0 radical (unpaired) electrons. The van der Waals surface area contributed by atoms with Gasteiger partial charge in [-0.25, -0.2) is 0 Å². The Morgan fingerprint density at radius 1 is 0.647 bits per heavy atom. The Labute approximate surface area is 237 Å². The predicted octanol–water partition coefficient (Wildman–Crippen LogP) is 2.98. The molecule has 0 amide bonds. The Morgan fingerprint density at radius 3 is 1.56 bits per heavy atom. The van der Waals surface area contributed by atoms with Crippen LogP contribution in [0.15, 0.2) is 91.0 Å². The van der Waals surface area contributed by atoms with E-state index in [1.807, 2.05) is 0 Å². The van der Waals surface area contributed by atoms with Gasteiger partial charge in [0.05, 0.1) is 0 Å². The molecule has 0 N–H and O–H groups in total. The minimum absolute atomic E-state index is 0. The number of hydrogen-bond donors (Lipinski definition) is 0. The monoisotopic (exact) mass is 584 g/mol. The minimum atomic E-state index is -0.0252. The molecule has 2 unspecified atom stereocenters. The Hall–Kier alpha value is -0.967. The van der Waals surface area contributed by atoms with Gasteiger partial charge in [-0.15, -0.1) is 80.1 Å². The summed E-state index contributed by atoms with van der Waals surface area (Å²) in [6, 6.07) is 32.9. The molecule has 0 bridgehead atoms. The third kappa shape index (κ3) is 6.83. The first kappa shape index (κ1) is 31.1. The predicted molar refractivity (Wildman–Crippen MR) is 143 cm³/mol. The van der Waals surface area contributed by atoms with Gasteiger partial charge in [0.1, 0.15) is 0 Å². The molecular formula is C30H33Cl2PZr. The fourth-order valence-electron chi connectivity index (χ4n) is 4.52. The van der Waals surface area contributed by atoms with Crippen LogP contribution in [0.1, 0.15) is 40.5 Å². The summed E-state index contributed by atoms with van der Waals surface area (Å²) < 4.78 is 0. The maximum absolute atomic E-state index is 2.43. The van der Waals surface area contributed by atoms with Gasteiger partial charge in [0.15, 0.2) is 0 Å². The normalized spacial score (nSPS) is 13.1. The van der Waals surface area contributed by atoms with Crippen molar-refractivity contribution in [3.63, 3.8) is 0 Å². The Kier molecular flexibility index (Phi) is 13.3. The molecule has 34 heavy (non-hydrogen) atoms. The van der Waals surface area contributed by atoms with Crippen molar-refractivity contribution in [2.45, 2.75) is 51.9 Å². The second-order valence-electron chi connectivity index (χ2n) is 8.58. The molecule has 0 aliphatic carbocycles. The van der Waals surface area contributed by atoms with Crippen molar-refractivity contribution < 1.29 is 51.0 Å². The van der Waals surface area contributed by atoms with E-state index in [1.54, 1.807) is 5.30 Å². The fraction of sp³-hybridized carbons (Fsp3) is 0.267. The van der Waals surface area contributed by atoms with Gasteiger partial charge < -0.3 is 24.8 Å². The van der Waals surface area contributed by atoms with Crippen LogP contribution in [0.4, 0.5) is 0 Å². The molecular weight excluding hydrogens is 553 g/mol. The quantitative estimate of drug-likeness (QED) is 0.220. The minimum Gasteiger partial charge on any atom is -1.00 e. The molecule has 176 valence electrons. The van der Waals surface area contributed by atoms with E-state index in [4.69, 9.17) is 0 Å². The largest absolute Gasteiger partial charge is 4.00 e. The van der Waals surface area contributed by atoms with E-state index < -0.39 is 0 Å². The van der Waals surface area contributed by atoms with Crippen LogP contribution in [0.3, 0.4) is 0 Å². The van der Waals surface area contributed by atoms with Crippen LogP contribution in [0.25, 0.3) is 32.3 Å². The maximum atomic E-state index is 2.43. The molecule has 0 nitrogen and oxygen atoms in total. The van der Waals surface area contributed by atoms with E-state index in [0.29, 0.717) is 0 Å². The molecule has 5 aromatic carbocycles. The van der Waals surface area contributed by atoms with Crippen LogP contribution in [0.5, 0.6) is 0 Å². The second-order valence-corrected chi connectivity index (χ2v) is 11.7. The summed E-state index contributed by atoms with van der Waals surface area (Å²) in [5.74, 6) is 0. The van der Waals surface area contributed by atoms with Gasteiger partial charge in [0.2, 0.25) is 0 Å². The van der Waals surface area contributed by atoms with Crippen molar-refractivity contribution in [2.75, 3.05) is 0 Å². The molecule has 0 aliphatic heterocycles. The molecule has 0 heterocycles. The molecule has 0 saturated heterocycles. The summed E-state index contributed by atoms with van der Waals surface area (Å²) >= 11 is 0. The van der Waals surface area contributed by atoms with Crippen LogP contribution in [0, 0.1) is 0 Å². The number of halogens is 2. The summed E-state index contributed by atoms with van der Waals surface area (Å²) in [4.78, 5) is 0. The Bertz CT molecular complexity index is 1180. The van der Waals surface area contributed by atoms with E-state index in [-0.39, 0.29) is 58.9 Å². The molecule has 0 fully saturated rings. The molecule has 0 aromatic heterocycles. The fourth-order valence-corrected chi connectivity index (χ4v) is 7.77. The number of benzene rings is 3. The van der Waals surface area contributed by atoms with Crippen molar-refractivity contribution in [3.05, 3.63) is 91.0 Å². The van der Waals surface area contributed by atoms with Crippen LogP contribution < -0.4 is 30.1 Å². The summed E-state index contributed by atoms with van der Waals surface area (Å²) in [7, 11) is -0.0252. The second kappa shape index (κ2) is 14.6. The van der Waals surface area contributed by atoms with Crippen LogP contribution in [0.2, 0.25) is 0 Å². The van der Waals surface area contributed by atoms with Crippen LogP contribution >= 0.6 is 7.92 Å². The standard InChI is InChI=1S/C17H24P.C13H9.2ClH.Zr/c1-5-13(3)18(14(4)6-2)17-11-15-9-7-8-10-16(15)12-17;1-3-7-12-10(5-1)9-11-6-2-4-8-13(11)12;;;/h7-14H,5-6H2,1-4H3;1-9H;2*1H;/q2*-1;;;+4/p-2. The first-order valence-corrected chi connectivity index (χ1v) is 13.1. The van der Waals surface area contributed by atoms with Gasteiger partial charge in [0.25, 0.3) is 0 Å². The Balaban J connectivity index is 0.000000323. The molecule has 0 spiro atoms. The molecule has 2 atom stereocenters. The SMILES string of the molecule is CCC(C)P(c1cc2ccccc2[cH-]1)C(C)CC.[Cl-].[Cl-].[Zr+4].c1ccc2c(c1)[cH-]c1ccccc12. The van der Waals surface area contributed by atoms with Crippen LogP contribution in [-0.4, -0.2) is 11.3 Å². The van der Waals surface area contributed by atoms with E-state index in [1.165, 1.54) is 45.2 Å². The average molecular weight is 587 g/mol. The first-order chi connectivity index (χ1) is 15.1. The Morgan fingerprint density at radius 2 is 1.09 bits per heavy atom. The van der Waals surface area contributed by atoms with Crippen molar-refractivity contribution >= 4 is 45.5 Å². The third-order valence-corrected chi connectivity index (χ3v) is 10.0. The third-order valence-electron chi connectivity index (χ3n) is 6.56. The first-order valence-electron chi connectivity index (χ1n) is 11.6. The average Bonchev–Trinajstić information content (AvgIpc) is 3.40. The molecule has 5 rings (SSSR count). The summed E-state index contributed by atoms with van der Waals surface area (Å²) in [5, 5.41) is 9.82. The zero-order valence-electron chi connectivity index (χ0n) is 20.4. The van der Waals surface area contributed by atoms with Gasteiger partial charge in [-0.3, -0.25) is 0 Å². The van der Waals surface area contributed by atoms with E-state index in [9.17, 15) is 0 Å². The van der Waals surface area contributed by atoms with Gasteiger partial charge in [0, 0.05) is 0 Å². The number of hydrogen-bond acceptors (Lipinski definition) is 0. The summed E-state index contributed by atoms with van der Waals surface area (Å²) in [5.41, 5.74) is 1.65. The van der Waals surface area contributed by atoms with Crippen molar-refractivity contribution in [3.8, 4) is 0 Å². The smallest absolute Gasteiger partial charge is 1.00 e. The van der Waals surface area contributed by atoms with Crippen LogP contribution in [-0.2, 0) is 26.2 Å². The van der Waals surface area contributed by atoms with Crippen molar-refractivity contribution in [2.24, 2.45) is 0 Å². The van der Waals surface area contributed by atoms with E-state index in [0.717, 1.165) is 11.3 Å². The maximum Gasteiger partial charge on any atom is 4.00 e. The van der Waals surface area contributed by atoms with Gasteiger partial charge in [-0.05, 0) is 24.2 Å². The number of fused-ring (bicyclic) bond motifs is 4. The topological polar surface area (TPSA) is 0 Å². The van der Waals surface area contributed by atoms with E-state index in [2.05, 4.69) is 119 Å². The van der Waals surface area contributed by atoms with Gasteiger partial charge >= 0.3 is 26.2 Å². The zero-order valence-corrected chi connectivity index (χ0v) is 25.3. The molecule has 5 aromatic rings. The molecule has 0 saturated carbocycles. The van der Waals surface area contributed by atoms with Gasteiger partial charge in [-0.1, -0.05) is 78.1 Å². The molecule has 4 heteroatoms. The van der Waals surface area contributed by atoms with Crippen molar-refractivity contribution in [1.29, 1.82) is 0 Å². The summed E-state index contributed by atoms with van der Waals surface area (Å²) in [6.07, 6.45) is 2.58.